The fourth-order valence-corrected chi connectivity index (χ4v) is 3.40. The first kappa shape index (κ1) is 13.4. The third-order valence-corrected chi connectivity index (χ3v) is 4.41. The topological polar surface area (TPSA) is 41.0 Å². The van der Waals surface area contributed by atoms with Crippen LogP contribution >= 0.6 is 0 Å². The lowest BCUT2D eigenvalue weighted by molar-refractivity contribution is 0.187. The number of nitrogens with zero attached hydrogens (tertiary/aromatic N) is 2. The van der Waals surface area contributed by atoms with E-state index in [1.54, 1.807) is 0 Å². The van der Waals surface area contributed by atoms with Crippen molar-refractivity contribution in [2.45, 2.75) is 52.2 Å². The van der Waals surface area contributed by atoms with Crippen LogP contribution in [0.25, 0.3) is 11.0 Å². The van der Waals surface area contributed by atoms with E-state index in [9.17, 15) is 4.79 Å². The van der Waals surface area contributed by atoms with Crippen molar-refractivity contribution in [1.82, 2.24) is 14.5 Å². The van der Waals surface area contributed by atoms with E-state index in [0.717, 1.165) is 24.1 Å². The number of aryl methyl sites for hydroxylation is 1. The van der Waals surface area contributed by atoms with Crippen molar-refractivity contribution in [3.8, 4) is 0 Å². The molecule has 1 aromatic heterocycles. The second kappa shape index (κ2) is 5.09. The van der Waals surface area contributed by atoms with E-state index in [1.165, 1.54) is 18.4 Å². The Labute approximate surface area is 119 Å². The van der Waals surface area contributed by atoms with E-state index >= 15 is 0 Å². The van der Waals surface area contributed by atoms with Crippen LogP contribution in [-0.2, 0) is 6.54 Å². The van der Waals surface area contributed by atoms with Gasteiger partial charge in [-0.3, -0.25) is 9.47 Å². The molecule has 1 saturated heterocycles. The highest BCUT2D eigenvalue weighted by Gasteiger charge is 2.27. The van der Waals surface area contributed by atoms with Gasteiger partial charge in [0.1, 0.15) is 0 Å². The number of aromatic amines is 1. The van der Waals surface area contributed by atoms with E-state index in [-0.39, 0.29) is 5.69 Å². The SMILES string of the molecule is Cc1ccc2c(c1)[nH]c(=O)n2CC1CCCN1C(C)C. The Morgan fingerprint density at radius 1 is 1.40 bits per heavy atom. The van der Waals surface area contributed by atoms with Gasteiger partial charge in [-0.2, -0.15) is 0 Å². The molecule has 4 heteroatoms. The second-order valence-electron chi connectivity index (χ2n) is 6.19. The summed E-state index contributed by atoms with van der Waals surface area (Å²) in [6, 6.07) is 7.19. The lowest BCUT2D eigenvalue weighted by Crippen LogP contribution is -2.39. The molecule has 3 rings (SSSR count). The number of benzene rings is 1. The molecule has 1 fully saturated rings. The van der Waals surface area contributed by atoms with Gasteiger partial charge in [0.05, 0.1) is 11.0 Å². The monoisotopic (exact) mass is 273 g/mol. The van der Waals surface area contributed by atoms with Gasteiger partial charge in [0, 0.05) is 18.6 Å². The minimum Gasteiger partial charge on any atom is -0.306 e. The summed E-state index contributed by atoms with van der Waals surface area (Å²) in [4.78, 5) is 17.7. The van der Waals surface area contributed by atoms with Crippen molar-refractivity contribution >= 4 is 11.0 Å². The van der Waals surface area contributed by atoms with Crippen LogP contribution < -0.4 is 5.69 Å². The molecule has 1 unspecified atom stereocenters. The van der Waals surface area contributed by atoms with Gasteiger partial charge in [0.15, 0.2) is 0 Å². The summed E-state index contributed by atoms with van der Waals surface area (Å²) in [5.41, 5.74) is 3.16. The van der Waals surface area contributed by atoms with E-state index in [4.69, 9.17) is 0 Å². The van der Waals surface area contributed by atoms with Gasteiger partial charge in [-0.05, 0) is 57.9 Å². The quantitative estimate of drug-likeness (QED) is 0.933. The van der Waals surface area contributed by atoms with Crippen LogP contribution in [0, 0.1) is 6.92 Å². The summed E-state index contributed by atoms with van der Waals surface area (Å²) in [5, 5.41) is 0. The molecule has 0 bridgehead atoms. The van der Waals surface area contributed by atoms with Crippen molar-refractivity contribution in [2.75, 3.05) is 6.54 Å². The number of rotatable bonds is 3. The van der Waals surface area contributed by atoms with Crippen LogP contribution in [0.4, 0.5) is 0 Å². The first-order valence-corrected chi connectivity index (χ1v) is 7.51. The molecule has 1 aromatic carbocycles. The fourth-order valence-electron chi connectivity index (χ4n) is 3.40. The summed E-state index contributed by atoms with van der Waals surface area (Å²) in [6.45, 7) is 8.46. The number of likely N-dealkylation sites (tertiary alicyclic amines) is 1. The average molecular weight is 273 g/mol. The minimum absolute atomic E-state index is 0.0150. The molecular weight excluding hydrogens is 250 g/mol. The maximum absolute atomic E-state index is 12.2. The van der Waals surface area contributed by atoms with Crippen molar-refractivity contribution < 1.29 is 0 Å². The molecule has 1 N–H and O–H groups in total. The number of hydrogen-bond donors (Lipinski definition) is 1. The highest BCUT2D eigenvalue weighted by Crippen LogP contribution is 2.22. The van der Waals surface area contributed by atoms with E-state index in [2.05, 4.69) is 35.9 Å². The second-order valence-corrected chi connectivity index (χ2v) is 6.19. The number of hydrogen-bond acceptors (Lipinski definition) is 2. The summed E-state index contributed by atoms with van der Waals surface area (Å²) in [7, 11) is 0. The average Bonchev–Trinajstić information content (AvgIpc) is 2.95. The lowest BCUT2D eigenvalue weighted by Gasteiger charge is -2.28. The van der Waals surface area contributed by atoms with Crippen LogP contribution in [0.1, 0.15) is 32.3 Å². The third kappa shape index (κ3) is 2.29. The molecule has 0 saturated carbocycles. The standard InChI is InChI=1S/C16H23N3O/c1-11(2)18-8-4-5-13(18)10-19-15-7-6-12(3)9-14(15)17-16(19)20/h6-7,9,11,13H,4-5,8,10H2,1-3H3,(H,17,20). The van der Waals surface area contributed by atoms with Crippen LogP contribution in [0.15, 0.2) is 23.0 Å². The molecule has 2 heterocycles. The van der Waals surface area contributed by atoms with Crippen LogP contribution in [0.2, 0.25) is 0 Å². The maximum Gasteiger partial charge on any atom is 0.326 e. The highest BCUT2D eigenvalue weighted by molar-refractivity contribution is 5.75. The molecule has 0 amide bonds. The Kier molecular flexibility index (Phi) is 3.42. The first-order chi connectivity index (χ1) is 9.56. The van der Waals surface area contributed by atoms with Gasteiger partial charge in [-0.1, -0.05) is 6.07 Å². The maximum atomic E-state index is 12.2. The summed E-state index contributed by atoms with van der Waals surface area (Å²) < 4.78 is 1.90. The molecule has 0 radical (unpaired) electrons. The van der Waals surface area contributed by atoms with Gasteiger partial charge in [-0.15, -0.1) is 0 Å². The number of fused-ring (bicyclic) bond motifs is 1. The van der Waals surface area contributed by atoms with Gasteiger partial charge < -0.3 is 4.98 Å². The van der Waals surface area contributed by atoms with Gasteiger partial charge >= 0.3 is 5.69 Å². The van der Waals surface area contributed by atoms with E-state index in [0.29, 0.717) is 12.1 Å². The summed E-state index contributed by atoms with van der Waals surface area (Å²) in [6.07, 6.45) is 2.42. The smallest absolute Gasteiger partial charge is 0.306 e. The molecule has 4 nitrogen and oxygen atoms in total. The molecule has 0 spiro atoms. The molecule has 2 aromatic rings. The van der Waals surface area contributed by atoms with Crippen LogP contribution in [0.5, 0.6) is 0 Å². The summed E-state index contributed by atoms with van der Waals surface area (Å²) in [5.74, 6) is 0. The van der Waals surface area contributed by atoms with Crippen molar-refractivity contribution in [1.29, 1.82) is 0 Å². The lowest BCUT2D eigenvalue weighted by atomic mass is 10.2. The number of H-pyrrole nitrogens is 1. The molecule has 108 valence electrons. The van der Waals surface area contributed by atoms with Crippen LogP contribution in [-0.4, -0.2) is 33.1 Å². The zero-order valence-electron chi connectivity index (χ0n) is 12.5. The van der Waals surface area contributed by atoms with Crippen molar-refractivity contribution in [2.24, 2.45) is 0 Å². The number of aromatic nitrogens is 2. The molecule has 1 aliphatic rings. The molecule has 20 heavy (non-hydrogen) atoms. The van der Waals surface area contributed by atoms with Crippen molar-refractivity contribution in [3.63, 3.8) is 0 Å². The molecule has 1 atom stereocenters. The first-order valence-electron chi connectivity index (χ1n) is 7.51. The van der Waals surface area contributed by atoms with Gasteiger partial charge in [0.25, 0.3) is 0 Å². The van der Waals surface area contributed by atoms with Crippen molar-refractivity contribution in [3.05, 3.63) is 34.2 Å². The third-order valence-electron chi connectivity index (χ3n) is 4.41. The highest BCUT2D eigenvalue weighted by atomic mass is 16.1. The normalized spacial score (nSPS) is 20.3. The van der Waals surface area contributed by atoms with Gasteiger partial charge in [-0.25, -0.2) is 4.79 Å². The number of nitrogens with one attached hydrogen (secondary N) is 1. The van der Waals surface area contributed by atoms with E-state index in [1.807, 2.05) is 17.6 Å². The molecule has 1 aliphatic heterocycles. The Morgan fingerprint density at radius 3 is 2.95 bits per heavy atom. The Hall–Kier alpha value is -1.55. The Bertz CT molecular complexity index is 668. The van der Waals surface area contributed by atoms with E-state index < -0.39 is 0 Å². The fraction of sp³-hybridized carbons (Fsp3) is 0.562. The zero-order valence-corrected chi connectivity index (χ0v) is 12.5. The number of imidazole rings is 1. The predicted octanol–water partition coefficient (Wildman–Crippen LogP) is 2.51. The Morgan fingerprint density at radius 2 is 2.20 bits per heavy atom. The van der Waals surface area contributed by atoms with Gasteiger partial charge in [0.2, 0.25) is 0 Å². The zero-order chi connectivity index (χ0) is 14.3. The Balaban J connectivity index is 1.95. The largest absolute Gasteiger partial charge is 0.326 e. The molecular formula is C16H23N3O. The molecule has 0 aliphatic carbocycles. The summed E-state index contributed by atoms with van der Waals surface area (Å²) >= 11 is 0. The predicted molar refractivity (Wildman–Crippen MR) is 82.2 cm³/mol. The van der Waals surface area contributed by atoms with Crippen LogP contribution in [0.3, 0.4) is 0 Å². The minimum atomic E-state index is 0.0150.